The molecule has 0 fully saturated rings. The van der Waals surface area contributed by atoms with Crippen LogP contribution in [0.25, 0.3) is 0 Å². The summed E-state index contributed by atoms with van der Waals surface area (Å²) in [5.41, 5.74) is 1.33. The van der Waals surface area contributed by atoms with Crippen molar-refractivity contribution in [3.05, 3.63) is 29.8 Å². The molecule has 0 bridgehead atoms. The molecular weight excluding hydrogens is 238 g/mol. The Balaban J connectivity index is 2.53. The lowest BCUT2D eigenvalue weighted by Crippen LogP contribution is -2.32. The second-order valence-electron chi connectivity index (χ2n) is 5.14. The minimum atomic E-state index is 0.510. The third-order valence-corrected chi connectivity index (χ3v) is 3.06. The van der Waals surface area contributed by atoms with Gasteiger partial charge in [-0.1, -0.05) is 26.0 Å². The Hall–Kier alpha value is -1.06. The standard InChI is InChI=1S/C16H27NO2/c1-5-19-12-15(11-17-13(2)3)10-14-6-8-16(18-4)9-7-14/h6-9,13,15,17H,5,10-12H2,1-4H3. The van der Waals surface area contributed by atoms with Crippen LogP contribution < -0.4 is 10.1 Å². The second-order valence-corrected chi connectivity index (χ2v) is 5.14. The summed E-state index contributed by atoms with van der Waals surface area (Å²) >= 11 is 0. The highest BCUT2D eigenvalue weighted by Crippen LogP contribution is 2.15. The largest absolute Gasteiger partial charge is 0.497 e. The first-order valence-corrected chi connectivity index (χ1v) is 7.09. The van der Waals surface area contributed by atoms with E-state index in [2.05, 4.69) is 31.3 Å². The summed E-state index contributed by atoms with van der Waals surface area (Å²) in [7, 11) is 1.69. The first-order chi connectivity index (χ1) is 9.15. The molecule has 3 heteroatoms. The Morgan fingerprint density at radius 2 is 1.84 bits per heavy atom. The Morgan fingerprint density at radius 3 is 2.37 bits per heavy atom. The molecule has 0 aliphatic carbocycles. The average Bonchev–Trinajstić information content (AvgIpc) is 2.42. The molecule has 1 aromatic carbocycles. The van der Waals surface area contributed by atoms with Crippen LogP contribution in [0.3, 0.4) is 0 Å². The summed E-state index contributed by atoms with van der Waals surface area (Å²) < 4.78 is 10.8. The van der Waals surface area contributed by atoms with E-state index in [1.165, 1.54) is 5.56 Å². The lowest BCUT2D eigenvalue weighted by Gasteiger charge is -2.19. The predicted octanol–water partition coefficient (Wildman–Crippen LogP) is 2.89. The fourth-order valence-corrected chi connectivity index (χ4v) is 1.97. The van der Waals surface area contributed by atoms with Gasteiger partial charge in [-0.2, -0.15) is 0 Å². The number of rotatable bonds is 9. The van der Waals surface area contributed by atoms with Crippen LogP contribution in [0.5, 0.6) is 5.75 Å². The van der Waals surface area contributed by atoms with Gasteiger partial charge in [0, 0.05) is 19.2 Å². The third kappa shape index (κ3) is 6.60. The smallest absolute Gasteiger partial charge is 0.118 e. The van der Waals surface area contributed by atoms with Crippen molar-refractivity contribution in [2.45, 2.75) is 33.2 Å². The van der Waals surface area contributed by atoms with Crippen molar-refractivity contribution >= 4 is 0 Å². The van der Waals surface area contributed by atoms with Gasteiger partial charge in [0.1, 0.15) is 5.75 Å². The fourth-order valence-electron chi connectivity index (χ4n) is 1.97. The lowest BCUT2D eigenvalue weighted by molar-refractivity contribution is 0.109. The van der Waals surface area contributed by atoms with Crippen LogP contribution in [0.2, 0.25) is 0 Å². The predicted molar refractivity (Wildman–Crippen MR) is 79.8 cm³/mol. The maximum absolute atomic E-state index is 5.58. The number of ether oxygens (including phenoxy) is 2. The Bertz CT molecular complexity index is 335. The molecule has 0 aromatic heterocycles. The summed E-state index contributed by atoms with van der Waals surface area (Å²) in [6.45, 7) is 8.96. The van der Waals surface area contributed by atoms with Gasteiger partial charge < -0.3 is 14.8 Å². The SMILES string of the molecule is CCOCC(CNC(C)C)Cc1ccc(OC)cc1. The minimum Gasteiger partial charge on any atom is -0.497 e. The first kappa shape index (κ1) is 16.0. The normalized spacial score (nSPS) is 12.7. The molecule has 1 unspecified atom stereocenters. The van der Waals surface area contributed by atoms with E-state index < -0.39 is 0 Å². The highest BCUT2D eigenvalue weighted by molar-refractivity contribution is 5.27. The molecule has 1 aromatic rings. The fraction of sp³-hybridized carbons (Fsp3) is 0.625. The average molecular weight is 265 g/mol. The number of methoxy groups -OCH3 is 1. The topological polar surface area (TPSA) is 30.5 Å². The van der Waals surface area contributed by atoms with Gasteiger partial charge in [-0.25, -0.2) is 0 Å². The Kier molecular flexibility index (Phi) is 7.53. The van der Waals surface area contributed by atoms with E-state index in [1.54, 1.807) is 7.11 Å². The third-order valence-electron chi connectivity index (χ3n) is 3.06. The van der Waals surface area contributed by atoms with Crippen molar-refractivity contribution in [1.29, 1.82) is 0 Å². The summed E-state index contributed by atoms with van der Waals surface area (Å²) in [6, 6.07) is 8.81. The van der Waals surface area contributed by atoms with Gasteiger partial charge in [0.05, 0.1) is 13.7 Å². The monoisotopic (exact) mass is 265 g/mol. The summed E-state index contributed by atoms with van der Waals surface area (Å²) in [5.74, 6) is 1.42. The molecule has 108 valence electrons. The maximum Gasteiger partial charge on any atom is 0.118 e. The zero-order chi connectivity index (χ0) is 14.1. The van der Waals surface area contributed by atoms with Gasteiger partial charge in [0.2, 0.25) is 0 Å². The van der Waals surface area contributed by atoms with Gasteiger partial charge in [-0.15, -0.1) is 0 Å². The summed E-state index contributed by atoms with van der Waals surface area (Å²) in [6.07, 6.45) is 1.03. The zero-order valence-electron chi connectivity index (χ0n) is 12.6. The van der Waals surface area contributed by atoms with Crippen molar-refractivity contribution in [1.82, 2.24) is 5.32 Å². The quantitative estimate of drug-likeness (QED) is 0.744. The van der Waals surface area contributed by atoms with Crippen molar-refractivity contribution in [2.24, 2.45) is 5.92 Å². The van der Waals surface area contributed by atoms with Crippen LogP contribution in [0.1, 0.15) is 26.3 Å². The van der Waals surface area contributed by atoms with Crippen molar-refractivity contribution in [3.8, 4) is 5.75 Å². The molecule has 1 rings (SSSR count). The van der Waals surface area contributed by atoms with E-state index in [0.717, 1.165) is 31.9 Å². The van der Waals surface area contributed by atoms with Crippen LogP contribution in [0, 0.1) is 5.92 Å². The van der Waals surface area contributed by atoms with Crippen molar-refractivity contribution < 1.29 is 9.47 Å². The van der Waals surface area contributed by atoms with Crippen LogP contribution in [0.4, 0.5) is 0 Å². The molecule has 0 spiro atoms. The van der Waals surface area contributed by atoms with Gasteiger partial charge in [0.25, 0.3) is 0 Å². The highest BCUT2D eigenvalue weighted by Gasteiger charge is 2.10. The molecule has 3 nitrogen and oxygen atoms in total. The molecule has 0 aliphatic rings. The van der Waals surface area contributed by atoms with Gasteiger partial charge in [0.15, 0.2) is 0 Å². The summed E-state index contributed by atoms with van der Waals surface area (Å²) in [4.78, 5) is 0. The molecular formula is C16H27NO2. The number of hydrogen-bond donors (Lipinski definition) is 1. The first-order valence-electron chi connectivity index (χ1n) is 7.09. The van der Waals surface area contributed by atoms with Gasteiger partial charge >= 0.3 is 0 Å². The van der Waals surface area contributed by atoms with Crippen LogP contribution in [0.15, 0.2) is 24.3 Å². The molecule has 0 heterocycles. The van der Waals surface area contributed by atoms with Crippen molar-refractivity contribution in [2.75, 3.05) is 26.9 Å². The minimum absolute atomic E-state index is 0.510. The second kappa shape index (κ2) is 8.94. The number of hydrogen-bond acceptors (Lipinski definition) is 3. The molecule has 0 saturated carbocycles. The molecule has 0 saturated heterocycles. The highest BCUT2D eigenvalue weighted by atomic mass is 16.5. The van der Waals surface area contributed by atoms with Crippen LogP contribution in [-0.2, 0) is 11.2 Å². The van der Waals surface area contributed by atoms with E-state index in [1.807, 2.05) is 19.1 Å². The van der Waals surface area contributed by atoms with E-state index >= 15 is 0 Å². The molecule has 0 radical (unpaired) electrons. The van der Waals surface area contributed by atoms with Crippen LogP contribution >= 0.6 is 0 Å². The van der Waals surface area contributed by atoms with E-state index in [-0.39, 0.29) is 0 Å². The Morgan fingerprint density at radius 1 is 1.16 bits per heavy atom. The zero-order valence-corrected chi connectivity index (χ0v) is 12.6. The van der Waals surface area contributed by atoms with E-state index in [4.69, 9.17) is 9.47 Å². The number of benzene rings is 1. The molecule has 1 atom stereocenters. The maximum atomic E-state index is 5.58. The molecule has 1 N–H and O–H groups in total. The van der Waals surface area contributed by atoms with Gasteiger partial charge in [-0.3, -0.25) is 0 Å². The molecule has 0 amide bonds. The molecule has 0 aliphatic heterocycles. The van der Waals surface area contributed by atoms with Crippen molar-refractivity contribution in [3.63, 3.8) is 0 Å². The number of nitrogens with one attached hydrogen (secondary N) is 1. The van der Waals surface area contributed by atoms with Crippen LogP contribution in [-0.4, -0.2) is 32.9 Å². The lowest BCUT2D eigenvalue weighted by atomic mass is 9.99. The van der Waals surface area contributed by atoms with E-state index in [0.29, 0.717) is 12.0 Å². The Labute approximate surface area is 117 Å². The summed E-state index contributed by atoms with van der Waals surface area (Å²) in [5, 5.41) is 3.49. The van der Waals surface area contributed by atoms with Gasteiger partial charge in [-0.05, 0) is 37.0 Å². The molecule has 19 heavy (non-hydrogen) atoms. The van der Waals surface area contributed by atoms with E-state index in [9.17, 15) is 0 Å².